The molecule has 112 valence electrons. The molecule has 2 heterocycles. The van der Waals surface area contributed by atoms with Gasteiger partial charge >= 0.3 is 0 Å². The van der Waals surface area contributed by atoms with Gasteiger partial charge in [0.05, 0.1) is 11.0 Å². The molecule has 2 atom stereocenters. The molecular formula is C14H17N3O4. The molecule has 1 aromatic rings. The number of carbonyl (C=O) groups is 1. The van der Waals surface area contributed by atoms with Gasteiger partial charge in [0.2, 0.25) is 0 Å². The normalized spacial score (nSPS) is 27.7. The first-order chi connectivity index (χ1) is 9.97. The molecule has 2 bridgehead atoms. The number of nitro groups is 1. The van der Waals surface area contributed by atoms with E-state index in [0.717, 1.165) is 12.8 Å². The topological polar surface area (TPSA) is 110 Å². The van der Waals surface area contributed by atoms with Gasteiger partial charge in [-0.15, -0.1) is 0 Å². The number of nitro benzene ring substituents is 1. The van der Waals surface area contributed by atoms with Crippen molar-refractivity contribution in [2.75, 3.05) is 5.73 Å². The third kappa shape index (κ3) is 2.33. The predicted octanol–water partition coefficient (Wildman–Crippen LogP) is 1.30. The van der Waals surface area contributed by atoms with Gasteiger partial charge in [-0.3, -0.25) is 14.9 Å². The Morgan fingerprint density at radius 1 is 1.33 bits per heavy atom. The molecule has 0 aromatic heterocycles. The predicted molar refractivity (Wildman–Crippen MR) is 75.7 cm³/mol. The van der Waals surface area contributed by atoms with Crippen LogP contribution in [0.25, 0.3) is 0 Å². The van der Waals surface area contributed by atoms with Crippen molar-refractivity contribution in [1.29, 1.82) is 0 Å². The standard InChI is InChI=1S/C14H17N3O4/c15-12-5-8(1-4-13(12)17(20)21)14(19)16-9-2-3-10(16)7-11(18)6-9/h1,4-5,9-11,18H,2-3,6-7,15H2. The van der Waals surface area contributed by atoms with E-state index in [2.05, 4.69) is 0 Å². The molecule has 21 heavy (non-hydrogen) atoms. The fourth-order valence-electron chi connectivity index (χ4n) is 3.48. The first-order valence-corrected chi connectivity index (χ1v) is 7.02. The minimum Gasteiger partial charge on any atom is -0.393 e. The Morgan fingerprint density at radius 3 is 2.48 bits per heavy atom. The highest BCUT2D eigenvalue weighted by Gasteiger charge is 2.43. The van der Waals surface area contributed by atoms with E-state index >= 15 is 0 Å². The van der Waals surface area contributed by atoms with Gasteiger partial charge < -0.3 is 15.7 Å². The Kier molecular flexibility index (Phi) is 3.29. The third-order valence-electron chi connectivity index (χ3n) is 4.41. The van der Waals surface area contributed by atoms with E-state index in [4.69, 9.17) is 5.73 Å². The average molecular weight is 291 g/mol. The molecule has 7 nitrogen and oxygen atoms in total. The van der Waals surface area contributed by atoms with Crippen molar-refractivity contribution >= 4 is 17.3 Å². The molecule has 2 fully saturated rings. The molecule has 2 aliphatic rings. The molecule has 0 spiro atoms. The average Bonchev–Trinajstić information content (AvgIpc) is 2.69. The van der Waals surface area contributed by atoms with Crippen LogP contribution < -0.4 is 5.73 Å². The van der Waals surface area contributed by atoms with Crippen molar-refractivity contribution < 1.29 is 14.8 Å². The zero-order chi connectivity index (χ0) is 15.1. The maximum Gasteiger partial charge on any atom is 0.292 e. The number of hydrogen-bond acceptors (Lipinski definition) is 5. The molecule has 2 aliphatic heterocycles. The van der Waals surface area contributed by atoms with Gasteiger partial charge in [0, 0.05) is 23.7 Å². The molecule has 2 saturated heterocycles. The quantitative estimate of drug-likeness (QED) is 0.485. The highest BCUT2D eigenvalue weighted by Crippen LogP contribution is 2.37. The number of nitrogen functional groups attached to an aromatic ring is 1. The molecule has 1 amide bonds. The zero-order valence-corrected chi connectivity index (χ0v) is 11.4. The number of carbonyl (C=O) groups excluding carboxylic acids is 1. The molecule has 0 radical (unpaired) electrons. The van der Waals surface area contributed by atoms with E-state index in [0.29, 0.717) is 18.4 Å². The number of anilines is 1. The van der Waals surface area contributed by atoms with Crippen molar-refractivity contribution in [2.24, 2.45) is 0 Å². The van der Waals surface area contributed by atoms with Gasteiger partial charge in [-0.2, -0.15) is 0 Å². The van der Waals surface area contributed by atoms with Crippen LogP contribution in [0.5, 0.6) is 0 Å². The van der Waals surface area contributed by atoms with Gasteiger partial charge in [0.15, 0.2) is 0 Å². The number of piperidine rings is 1. The lowest BCUT2D eigenvalue weighted by Crippen LogP contribution is -2.48. The van der Waals surface area contributed by atoms with Crippen LogP contribution in [-0.2, 0) is 0 Å². The van der Waals surface area contributed by atoms with Crippen molar-refractivity contribution in [2.45, 2.75) is 43.9 Å². The minimum absolute atomic E-state index is 0.00441. The summed E-state index contributed by atoms with van der Waals surface area (Å²) < 4.78 is 0. The maximum absolute atomic E-state index is 12.6. The molecule has 0 saturated carbocycles. The van der Waals surface area contributed by atoms with Crippen LogP contribution in [-0.4, -0.2) is 39.0 Å². The van der Waals surface area contributed by atoms with Crippen LogP contribution in [0.15, 0.2) is 18.2 Å². The van der Waals surface area contributed by atoms with E-state index in [1.54, 1.807) is 0 Å². The third-order valence-corrected chi connectivity index (χ3v) is 4.41. The first kappa shape index (κ1) is 13.8. The summed E-state index contributed by atoms with van der Waals surface area (Å²) in [4.78, 5) is 24.6. The van der Waals surface area contributed by atoms with Crippen molar-refractivity contribution in [1.82, 2.24) is 4.90 Å². The first-order valence-electron chi connectivity index (χ1n) is 7.02. The number of nitrogens with zero attached hydrogens (tertiary/aromatic N) is 2. The summed E-state index contributed by atoms with van der Waals surface area (Å²) in [5, 5.41) is 20.5. The van der Waals surface area contributed by atoms with Crippen molar-refractivity contribution in [3.8, 4) is 0 Å². The second kappa shape index (κ2) is 5.00. The van der Waals surface area contributed by atoms with Gasteiger partial charge in [-0.05, 0) is 37.8 Å². The number of nitrogens with two attached hydrogens (primary N) is 1. The van der Waals surface area contributed by atoms with Crippen LogP contribution in [0.2, 0.25) is 0 Å². The van der Waals surface area contributed by atoms with E-state index in [1.165, 1.54) is 18.2 Å². The lowest BCUT2D eigenvalue weighted by atomic mass is 9.98. The summed E-state index contributed by atoms with van der Waals surface area (Å²) in [6.07, 6.45) is 2.66. The molecule has 2 unspecified atom stereocenters. The van der Waals surface area contributed by atoms with Gasteiger partial charge in [-0.1, -0.05) is 0 Å². The van der Waals surface area contributed by atoms with Crippen molar-refractivity contribution in [3.63, 3.8) is 0 Å². The number of amides is 1. The van der Waals surface area contributed by atoms with Gasteiger partial charge in [-0.25, -0.2) is 0 Å². The van der Waals surface area contributed by atoms with Gasteiger partial charge in [0.25, 0.3) is 11.6 Å². The van der Waals surface area contributed by atoms with Crippen molar-refractivity contribution in [3.05, 3.63) is 33.9 Å². The van der Waals surface area contributed by atoms with Gasteiger partial charge in [0.1, 0.15) is 5.69 Å². The Balaban J connectivity index is 1.86. The molecule has 3 rings (SSSR count). The molecule has 3 N–H and O–H groups in total. The Hall–Kier alpha value is -2.15. The maximum atomic E-state index is 12.6. The number of aliphatic hydroxyl groups is 1. The summed E-state index contributed by atoms with van der Waals surface area (Å²) in [6, 6.07) is 4.19. The fraction of sp³-hybridized carbons (Fsp3) is 0.500. The van der Waals surface area contributed by atoms with Crippen LogP contribution >= 0.6 is 0 Å². The number of aliphatic hydroxyl groups excluding tert-OH is 1. The largest absolute Gasteiger partial charge is 0.393 e. The number of fused-ring (bicyclic) bond motifs is 2. The summed E-state index contributed by atoms with van der Waals surface area (Å²) in [6.45, 7) is 0. The van der Waals surface area contributed by atoms with Crippen LogP contribution in [0.1, 0.15) is 36.0 Å². The number of hydrogen-bond donors (Lipinski definition) is 2. The summed E-state index contributed by atoms with van der Waals surface area (Å²) in [5.41, 5.74) is 5.82. The highest BCUT2D eigenvalue weighted by atomic mass is 16.6. The summed E-state index contributed by atoms with van der Waals surface area (Å²) in [7, 11) is 0. The molecular weight excluding hydrogens is 274 g/mol. The second-order valence-electron chi connectivity index (χ2n) is 5.75. The number of rotatable bonds is 2. The highest BCUT2D eigenvalue weighted by molar-refractivity contribution is 5.96. The fourth-order valence-corrected chi connectivity index (χ4v) is 3.48. The van der Waals surface area contributed by atoms with Crippen LogP contribution in [0.3, 0.4) is 0 Å². The zero-order valence-electron chi connectivity index (χ0n) is 11.4. The minimum atomic E-state index is -0.565. The summed E-state index contributed by atoms with van der Waals surface area (Å²) >= 11 is 0. The lowest BCUT2D eigenvalue weighted by Gasteiger charge is -2.37. The van der Waals surface area contributed by atoms with E-state index in [1.807, 2.05) is 4.90 Å². The Labute approximate surface area is 121 Å². The smallest absolute Gasteiger partial charge is 0.292 e. The van der Waals surface area contributed by atoms with E-state index in [9.17, 15) is 20.0 Å². The van der Waals surface area contributed by atoms with E-state index < -0.39 is 4.92 Å². The van der Waals surface area contributed by atoms with Crippen LogP contribution in [0, 0.1) is 10.1 Å². The molecule has 7 heteroatoms. The monoisotopic (exact) mass is 291 g/mol. The Morgan fingerprint density at radius 2 is 1.95 bits per heavy atom. The van der Waals surface area contributed by atoms with Crippen LogP contribution in [0.4, 0.5) is 11.4 Å². The Bertz CT molecular complexity index is 590. The SMILES string of the molecule is Nc1cc(C(=O)N2C3CCC2CC(O)C3)ccc1[N+](=O)[O-]. The summed E-state index contributed by atoms with van der Waals surface area (Å²) in [5.74, 6) is -0.156. The molecule has 0 aliphatic carbocycles. The lowest BCUT2D eigenvalue weighted by molar-refractivity contribution is -0.383. The van der Waals surface area contributed by atoms with E-state index in [-0.39, 0.29) is 35.5 Å². The molecule has 1 aromatic carbocycles. The number of benzene rings is 1. The second-order valence-corrected chi connectivity index (χ2v) is 5.75.